The summed E-state index contributed by atoms with van der Waals surface area (Å²) in [7, 11) is -4.28. The Bertz CT molecular complexity index is 1230. The highest BCUT2D eigenvalue weighted by Gasteiger charge is 2.30. The highest BCUT2D eigenvalue weighted by Crippen LogP contribution is 2.31. The maximum atomic E-state index is 12.8. The predicted molar refractivity (Wildman–Crippen MR) is 112 cm³/mol. The number of halogens is 3. The van der Waals surface area contributed by atoms with Crippen molar-refractivity contribution < 1.29 is 31.2 Å². The fourth-order valence-corrected chi connectivity index (χ4v) is 4.36. The molecule has 168 valence electrons. The van der Waals surface area contributed by atoms with Gasteiger partial charge in [-0.05, 0) is 58.8 Å². The number of rotatable bonds is 6. The fraction of sp³-hybridized carbons (Fsp3) is 0.100. The second kappa shape index (κ2) is 9.40. The van der Waals surface area contributed by atoms with Crippen molar-refractivity contribution in [3.63, 3.8) is 0 Å². The molecule has 3 aromatic rings. The zero-order valence-corrected chi connectivity index (χ0v) is 17.8. The molecule has 0 bridgehead atoms. The van der Waals surface area contributed by atoms with Crippen molar-refractivity contribution >= 4 is 38.9 Å². The van der Waals surface area contributed by atoms with Crippen molar-refractivity contribution in [2.45, 2.75) is 17.5 Å². The Morgan fingerprint density at radius 2 is 1.72 bits per heavy atom. The lowest BCUT2D eigenvalue weighted by molar-refractivity contribution is -0.137. The quantitative estimate of drug-likeness (QED) is 0.466. The summed E-state index contributed by atoms with van der Waals surface area (Å²) < 4.78 is 65.8. The van der Waals surface area contributed by atoms with Crippen LogP contribution in [0.1, 0.15) is 21.5 Å². The van der Waals surface area contributed by atoms with Gasteiger partial charge < -0.3 is 0 Å². The van der Waals surface area contributed by atoms with E-state index in [4.69, 9.17) is 0 Å². The number of nitrogens with one attached hydrogen (secondary N) is 3. The summed E-state index contributed by atoms with van der Waals surface area (Å²) >= 11 is 1.42. The number of anilines is 1. The third kappa shape index (κ3) is 6.08. The van der Waals surface area contributed by atoms with Crippen LogP contribution in [-0.2, 0) is 27.4 Å². The molecule has 0 radical (unpaired) electrons. The summed E-state index contributed by atoms with van der Waals surface area (Å²) in [6, 6.07) is 10.3. The lowest BCUT2D eigenvalue weighted by Gasteiger charge is -2.12. The third-order valence-electron chi connectivity index (χ3n) is 4.11. The zero-order valence-electron chi connectivity index (χ0n) is 16.1. The molecular weight excluding hydrogens is 467 g/mol. The van der Waals surface area contributed by atoms with Gasteiger partial charge in [-0.15, -0.1) is 0 Å². The number of carbonyl (C=O) groups excluding carboxylic acids is 2. The van der Waals surface area contributed by atoms with E-state index in [2.05, 4.69) is 15.6 Å². The van der Waals surface area contributed by atoms with Gasteiger partial charge in [-0.3, -0.25) is 25.2 Å². The minimum atomic E-state index is -4.63. The fourth-order valence-electron chi connectivity index (χ4n) is 2.60. The lowest BCUT2D eigenvalue weighted by Crippen LogP contribution is -2.42. The number of hydrogen-bond acceptors (Lipinski definition) is 5. The van der Waals surface area contributed by atoms with E-state index in [-0.39, 0.29) is 22.6 Å². The number of sulfonamides is 1. The molecule has 12 heteroatoms. The van der Waals surface area contributed by atoms with Gasteiger partial charge in [-0.25, -0.2) is 8.42 Å². The van der Waals surface area contributed by atoms with E-state index in [9.17, 15) is 31.2 Å². The average Bonchev–Trinajstić information content (AvgIpc) is 3.24. The van der Waals surface area contributed by atoms with Gasteiger partial charge in [-0.2, -0.15) is 24.5 Å². The van der Waals surface area contributed by atoms with Crippen molar-refractivity contribution in [3.05, 3.63) is 82.0 Å². The first-order valence-electron chi connectivity index (χ1n) is 8.95. The molecule has 1 aromatic heterocycles. The summed E-state index contributed by atoms with van der Waals surface area (Å²) in [6.45, 7) is 0. The lowest BCUT2D eigenvalue weighted by atomic mass is 10.2. The van der Waals surface area contributed by atoms with E-state index < -0.39 is 33.6 Å². The number of hydrazine groups is 1. The molecule has 3 N–H and O–H groups in total. The van der Waals surface area contributed by atoms with E-state index in [0.717, 1.165) is 23.8 Å². The van der Waals surface area contributed by atoms with Gasteiger partial charge >= 0.3 is 6.18 Å². The van der Waals surface area contributed by atoms with E-state index in [1.165, 1.54) is 35.6 Å². The van der Waals surface area contributed by atoms with E-state index in [0.29, 0.717) is 6.07 Å². The smallest absolute Gasteiger partial charge is 0.280 e. The SMILES string of the molecule is O=C(Cc1ccsc1)NNC(=O)c1cccc(S(=O)(=O)Nc2cccc(C(F)(F)F)c2)c1. The Morgan fingerprint density at radius 3 is 2.41 bits per heavy atom. The molecule has 0 atom stereocenters. The van der Waals surface area contributed by atoms with Gasteiger partial charge in [0.15, 0.2) is 0 Å². The molecule has 0 saturated heterocycles. The Labute approximate surface area is 185 Å². The molecular formula is C20H16F3N3O4S2. The van der Waals surface area contributed by atoms with Crippen molar-refractivity contribution in [2.24, 2.45) is 0 Å². The van der Waals surface area contributed by atoms with E-state index in [1.54, 1.807) is 16.8 Å². The molecule has 0 aliphatic carbocycles. The maximum absolute atomic E-state index is 12.8. The van der Waals surface area contributed by atoms with Crippen LogP contribution in [0.3, 0.4) is 0 Å². The molecule has 32 heavy (non-hydrogen) atoms. The van der Waals surface area contributed by atoms with Gasteiger partial charge in [-0.1, -0.05) is 12.1 Å². The first-order chi connectivity index (χ1) is 15.0. The largest absolute Gasteiger partial charge is 0.416 e. The molecule has 0 spiro atoms. The van der Waals surface area contributed by atoms with Crippen LogP contribution >= 0.6 is 11.3 Å². The van der Waals surface area contributed by atoms with Crippen LogP contribution in [0.4, 0.5) is 18.9 Å². The number of hydrogen-bond donors (Lipinski definition) is 3. The van der Waals surface area contributed by atoms with Gasteiger partial charge in [0.05, 0.1) is 16.9 Å². The van der Waals surface area contributed by atoms with Crippen molar-refractivity contribution in [1.82, 2.24) is 10.9 Å². The van der Waals surface area contributed by atoms with Crippen LogP contribution in [0.5, 0.6) is 0 Å². The number of thiophene rings is 1. The molecule has 0 aliphatic heterocycles. The summed E-state index contributed by atoms with van der Waals surface area (Å²) in [6.07, 6.45) is -4.58. The summed E-state index contributed by atoms with van der Waals surface area (Å²) in [5.41, 5.74) is 3.83. The summed E-state index contributed by atoms with van der Waals surface area (Å²) in [5.74, 6) is -1.23. The molecule has 1 heterocycles. The minimum absolute atomic E-state index is 0.0547. The monoisotopic (exact) mass is 483 g/mol. The number of amides is 2. The van der Waals surface area contributed by atoms with Crippen LogP contribution in [0.2, 0.25) is 0 Å². The molecule has 0 aliphatic rings. The highest BCUT2D eigenvalue weighted by molar-refractivity contribution is 7.92. The second-order valence-corrected chi connectivity index (χ2v) is 8.99. The van der Waals surface area contributed by atoms with Crippen LogP contribution in [0.15, 0.2) is 70.3 Å². The first-order valence-corrected chi connectivity index (χ1v) is 11.4. The van der Waals surface area contributed by atoms with Gasteiger partial charge in [0, 0.05) is 11.3 Å². The maximum Gasteiger partial charge on any atom is 0.416 e. The summed E-state index contributed by atoms with van der Waals surface area (Å²) in [4.78, 5) is 23.8. The number of alkyl halides is 3. The van der Waals surface area contributed by atoms with Gasteiger partial charge in [0.1, 0.15) is 0 Å². The topological polar surface area (TPSA) is 104 Å². The van der Waals surface area contributed by atoms with Gasteiger partial charge in [0.25, 0.3) is 15.9 Å². The highest BCUT2D eigenvalue weighted by atomic mass is 32.2. The van der Waals surface area contributed by atoms with Crippen LogP contribution in [0.25, 0.3) is 0 Å². The molecule has 0 unspecified atom stereocenters. The zero-order chi connectivity index (χ0) is 23.4. The molecule has 3 rings (SSSR count). The Hall–Kier alpha value is -3.38. The predicted octanol–water partition coefficient (Wildman–Crippen LogP) is 3.57. The Balaban J connectivity index is 1.69. The Morgan fingerprint density at radius 1 is 0.969 bits per heavy atom. The molecule has 2 aromatic carbocycles. The number of carbonyl (C=O) groups is 2. The van der Waals surface area contributed by atoms with Crippen LogP contribution in [-0.4, -0.2) is 20.2 Å². The molecule has 2 amide bonds. The third-order valence-corrected chi connectivity index (χ3v) is 6.22. The normalized spacial score (nSPS) is 11.6. The van der Waals surface area contributed by atoms with Crippen LogP contribution in [0, 0.1) is 0 Å². The average molecular weight is 483 g/mol. The number of benzene rings is 2. The van der Waals surface area contributed by atoms with Gasteiger partial charge in [0.2, 0.25) is 5.91 Å². The second-order valence-electron chi connectivity index (χ2n) is 6.52. The van der Waals surface area contributed by atoms with Crippen LogP contribution < -0.4 is 15.6 Å². The minimum Gasteiger partial charge on any atom is -0.280 e. The van der Waals surface area contributed by atoms with Crippen molar-refractivity contribution in [2.75, 3.05) is 4.72 Å². The molecule has 0 saturated carbocycles. The van der Waals surface area contributed by atoms with Crippen molar-refractivity contribution in [1.29, 1.82) is 0 Å². The Kier molecular flexibility index (Phi) is 6.84. The van der Waals surface area contributed by atoms with Crippen molar-refractivity contribution in [3.8, 4) is 0 Å². The molecule has 0 fully saturated rings. The van der Waals surface area contributed by atoms with E-state index >= 15 is 0 Å². The summed E-state index contributed by atoms with van der Waals surface area (Å²) in [5, 5.41) is 3.59. The molecule has 7 nitrogen and oxygen atoms in total. The first kappa shape index (κ1) is 23.3. The van der Waals surface area contributed by atoms with E-state index in [1.807, 2.05) is 0 Å². The standard InChI is InChI=1S/C20H16F3N3O4S2/c21-20(22,23)15-4-2-5-16(11-15)26-32(29,30)17-6-1-3-14(10-17)19(28)25-24-18(27)9-13-7-8-31-12-13/h1-8,10-12,26H,9H2,(H,24,27)(H,25,28).